The molecule has 34 heavy (non-hydrogen) atoms. The fourth-order valence-corrected chi connectivity index (χ4v) is 4.18. The molecule has 7 nitrogen and oxygen atoms in total. The summed E-state index contributed by atoms with van der Waals surface area (Å²) in [6.07, 6.45) is 0. The summed E-state index contributed by atoms with van der Waals surface area (Å²) < 4.78 is 32.0. The topological polar surface area (TPSA) is 83.9 Å². The first-order valence-corrected chi connectivity index (χ1v) is 11.5. The van der Waals surface area contributed by atoms with Crippen molar-refractivity contribution in [1.29, 1.82) is 5.41 Å². The molecule has 2 aromatic rings. The number of ketones is 1. The number of hydrogen-bond donors (Lipinski definition) is 2. The molecule has 0 amide bonds. The van der Waals surface area contributed by atoms with Crippen LogP contribution in [-0.4, -0.2) is 50.4 Å². The van der Waals surface area contributed by atoms with Gasteiger partial charge in [0.05, 0.1) is 38.1 Å². The van der Waals surface area contributed by atoms with E-state index in [2.05, 4.69) is 26.1 Å². The van der Waals surface area contributed by atoms with Gasteiger partial charge in [-0.15, -0.1) is 0 Å². The number of benzene rings is 2. The average Bonchev–Trinajstić information content (AvgIpc) is 3.09. The Morgan fingerprint density at radius 3 is 2.38 bits per heavy atom. The van der Waals surface area contributed by atoms with Gasteiger partial charge >= 0.3 is 0 Å². The molecule has 2 N–H and O–H groups in total. The molecule has 0 spiro atoms. The summed E-state index contributed by atoms with van der Waals surface area (Å²) in [5, 5.41) is 11.7. The highest BCUT2D eigenvalue weighted by Gasteiger charge is 2.33. The van der Waals surface area contributed by atoms with E-state index in [-0.39, 0.29) is 48.0 Å². The van der Waals surface area contributed by atoms with Gasteiger partial charge in [-0.05, 0) is 43.0 Å². The maximum absolute atomic E-state index is 15.3. The Labute approximate surface area is 200 Å². The minimum Gasteiger partial charge on any atom is -0.494 e. The standard InChI is InChI=1S/C26H34FN3O4/c1-8-33-20-12-16-13-30(25(28)21(16)22(27)24(20)34-9-2)14-19(31)15-10-17(26(3,4)5)23(32-7)18(11-15)29-6/h10-12,28-29H,8-9,13-14H2,1-7H3. The zero-order valence-corrected chi connectivity index (χ0v) is 21.0. The molecule has 0 unspecified atom stereocenters. The fraction of sp³-hybridized carbons (Fsp3) is 0.462. The predicted molar refractivity (Wildman–Crippen MR) is 132 cm³/mol. The van der Waals surface area contributed by atoms with Gasteiger partial charge in [0, 0.05) is 24.7 Å². The van der Waals surface area contributed by atoms with Crippen LogP contribution in [0.15, 0.2) is 18.2 Å². The van der Waals surface area contributed by atoms with E-state index in [1.54, 1.807) is 38.1 Å². The van der Waals surface area contributed by atoms with E-state index < -0.39 is 5.82 Å². The van der Waals surface area contributed by atoms with Crippen LogP contribution in [0.2, 0.25) is 0 Å². The third kappa shape index (κ3) is 4.67. The van der Waals surface area contributed by atoms with Crippen LogP contribution >= 0.6 is 0 Å². The summed E-state index contributed by atoms with van der Waals surface area (Å²) in [5.74, 6) is 0.178. The molecule has 0 fully saturated rings. The molecule has 0 aromatic heterocycles. The highest BCUT2D eigenvalue weighted by Crippen LogP contribution is 2.40. The summed E-state index contributed by atoms with van der Waals surface area (Å²) in [4.78, 5) is 14.9. The molecule has 2 aromatic carbocycles. The van der Waals surface area contributed by atoms with Crippen LogP contribution in [-0.2, 0) is 12.0 Å². The van der Waals surface area contributed by atoms with Crippen LogP contribution in [0.3, 0.4) is 0 Å². The number of rotatable bonds is 9. The Kier molecular flexibility index (Phi) is 7.38. The molecule has 184 valence electrons. The average molecular weight is 472 g/mol. The van der Waals surface area contributed by atoms with E-state index in [0.29, 0.717) is 34.9 Å². The van der Waals surface area contributed by atoms with Gasteiger partial charge in [0.25, 0.3) is 0 Å². The SMILES string of the molecule is CCOc1cc2c(c(F)c1OCC)C(=N)N(CC(=O)c1cc(NC)c(OC)c(C(C)(C)C)c1)C2. The predicted octanol–water partition coefficient (Wildman–Crippen LogP) is 4.99. The first-order chi connectivity index (χ1) is 16.1. The van der Waals surface area contributed by atoms with Crippen molar-refractivity contribution in [3.63, 3.8) is 0 Å². The van der Waals surface area contributed by atoms with Crippen molar-refractivity contribution in [1.82, 2.24) is 4.90 Å². The number of carbonyl (C=O) groups excluding carboxylic acids is 1. The van der Waals surface area contributed by atoms with E-state index in [1.165, 1.54) is 0 Å². The third-order valence-electron chi connectivity index (χ3n) is 5.80. The Morgan fingerprint density at radius 2 is 1.82 bits per heavy atom. The molecule has 0 atom stereocenters. The number of anilines is 1. The second kappa shape index (κ2) is 9.91. The summed E-state index contributed by atoms with van der Waals surface area (Å²) in [7, 11) is 3.39. The third-order valence-corrected chi connectivity index (χ3v) is 5.80. The van der Waals surface area contributed by atoms with E-state index in [4.69, 9.17) is 19.6 Å². The van der Waals surface area contributed by atoms with Crippen molar-refractivity contribution in [3.05, 3.63) is 46.3 Å². The Balaban J connectivity index is 1.94. The Morgan fingerprint density at radius 1 is 1.15 bits per heavy atom. The van der Waals surface area contributed by atoms with Crippen molar-refractivity contribution in [3.8, 4) is 17.2 Å². The van der Waals surface area contributed by atoms with E-state index in [9.17, 15) is 4.79 Å². The normalized spacial score (nSPS) is 13.1. The zero-order valence-electron chi connectivity index (χ0n) is 21.0. The van der Waals surface area contributed by atoms with Gasteiger partial charge in [0.2, 0.25) is 0 Å². The summed E-state index contributed by atoms with van der Waals surface area (Å²) in [6.45, 7) is 10.6. The maximum atomic E-state index is 15.3. The van der Waals surface area contributed by atoms with Gasteiger partial charge in [-0.3, -0.25) is 10.2 Å². The van der Waals surface area contributed by atoms with Crippen molar-refractivity contribution < 1.29 is 23.4 Å². The van der Waals surface area contributed by atoms with Gasteiger partial charge in [-0.2, -0.15) is 0 Å². The van der Waals surface area contributed by atoms with Gasteiger partial charge in [0.15, 0.2) is 23.1 Å². The molecular formula is C26H34FN3O4. The molecule has 1 aliphatic rings. The van der Waals surface area contributed by atoms with Crippen LogP contribution in [0.5, 0.6) is 17.2 Å². The smallest absolute Gasteiger partial charge is 0.197 e. The van der Waals surface area contributed by atoms with Crippen LogP contribution in [0.4, 0.5) is 10.1 Å². The quantitative estimate of drug-likeness (QED) is 0.501. The minimum absolute atomic E-state index is 0.00432. The Bertz CT molecular complexity index is 1110. The first-order valence-electron chi connectivity index (χ1n) is 11.5. The number of carbonyl (C=O) groups is 1. The highest BCUT2D eigenvalue weighted by molar-refractivity contribution is 6.06. The molecule has 0 saturated carbocycles. The lowest BCUT2D eigenvalue weighted by Crippen LogP contribution is -2.30. The van der Waals surface area contributed by atoms with E-state index in [0.717, 1.165) is 5.56 Å². The molecule has 0 bridgehead atoms. The second-order valence-corrected chi connectivity index (χ2v) is 9.15. The number of hydrogen-bond acceptors (Lipinski definition) is 6. The monoisotopic (exact) mass is 471 g/mol. The van der Waals surface area contributed by atoms with Crippen LogP contribution in [0.25, 0.3) is 0 Å². The number of Topliss-reactive ketones (excluding diaryl/α,β-unsaturated/α-hetero) is 1. The number of ether oxygens (including phenoxy) is 3. The van der Waals surface area contributed by atoms with E-state index in [1.807, 2.05) is 13.0 Å². The number of methoxy groups -OCH3 is 1. The number of amidine groups is 1. The lowest BCUT2D eigenvalue weighted by molar-refractivity contribution is 0.0962. The molecule has 3 rings (SSSR count). The van der Waals surface area contributed by atoms with Crippen molar-refractivity contribution in [2.75, 3.05) is 39.2 Å². The van der Waals surface area contributed by atoms with E-state index >= 15 is 4.39 Å². The van der Waals surface area contributed by atoms with Gasteiger partial charge in [-0.1, -0.05) is 20.8 Å². The highest BCUT2D eigenvalue weighted by atomic mass is 19.1. The fourth-order valence-electron chi connectivity index (χ4n) is 4.18. The molecule has 8 heteroatoms. The van der Waals surface area contributed by atoms with Crippen molar-refractivity contribution in [2.45, 2.75) is 46.6 Å². The second-order valence-electron chi connectivity index (χ2n) is 9.15. The Hall–Kier alpha value is -3.29. The molecule has 0 aliphatic carbocycles. The number of halogens is 1. The molecule has 0 radical (unpaired) electrons. The molecule has 0 saturated heterocycles. The minimum atomic E-state index is -0.625. The largest absolute Gasteiger partial charge is 0.494 e. The lowest BCUT2D eigenvalue weighted by Gasteiger charge is -2.25. The van der Waals surface area contributed by atoms with Gasteiger partial charge in [-0.25, -0.2) is 4.39 Å². The molecule has 1 aliphatic heterocycles. The zero-order chi connectivity index (χ0) is 25.2. The van der Waals surface area contributed by atoms with Crippen molar-refractivity contribution in [2.24, 2.45) is 0 Å². The summed E-state index contributed by atoms with van der Waals surface area (Å²) in [5.41, 5.74) is 2.62. The van der Waals surface area contributed by atoms with Crippen LogP contribution < -0.4 is 19.5 Å². The van der Waals surface area contributed by atoms with Crippen LogP contribution in [0.1, 0.15) is 61.7 Å². The van der Waals surface area contributed by atoms with Gasteiger partial charge in [0.1, 0.15) is 11.6 Å². The summed E-state index contributed by atoms with van der Waals surface area (Å²) in [6, 6.07) is 5.30. The van der Waals surface area contributed by atoms with Crippen LogP contribution in [0, 0.1) is 11.2 Å². The maximum Gasteiger partial charge on any atom is 0.197 e. The summed E-state index contributed by atoms with van der Waals surface area (Å²) >= 11 is 0. The molecular weight excluding hydrogens is 437 g/mol. The number of nitrogens with zero attached hydrogens (tertiary/aromatic N) is 1. The number of nitrogens with one attached hydrogen (secondary N) is 2. The lowest BCUT2D eigenvalue weighted by atomic mass is 9.84. The first kappa shape index (κ1) is 25.3. The molecule has 1 heterocycles. The van der Waals surface area contributed by atoms with Gasteiger partial charge < -0.3 is 24.4 Å². The number of fused-ring (bicyclic) bond motifs is 1. The van der Waals surface area contributed by atoms with Crippen molar-refractivity contribution >= 4 is 17.3 Å².